The van der Waals surface area contributed by atoms with Crippen LogP contribution in [-0.4, -0.2) is 41.3 Å². The van der Waals surface area contributed by atoms with Crippen molar-refractivity contribution in [2.24, 2.45) is 7.05 Å². The van der Waals surface area contributed by atoms with Gasteiger partial charge in [-0.2, -0.15) is 5.10 Å². The molecule has 0 amide bonds. The highest BCUT2D eigenvalue weighted by Gasteiger charge is 2.15. The van der Waals surface area contributed by atoms with E-state index in [0.29, 0.717) is 6.54 Å². The van der Waals surface area contributed by atoms with Gasteiger partial charge in [-0.05, 0) is 25.5 Å². The molecule has 6 nitrogen and oxygen atoms in total. The van der Waals surface area contributed by atoms with E-state index in [9.17, 15) is 0 Å². The van der Waals surface area contributed by atoms with Gasteiger partial charge in [0.05, 0.1) is 11.7 Å². The smallest absolute Gasteiger partial charge is 0.171 e. The van der Waals surface area contributed by atoms with E-state index in [1.165, 1.54) is 0 Å². The SMILES string of the molecule is COC(OC)C(C)NCc1cnc2c(c1)c(C)nn2C. The first kappa shape index (κ1) is 14.9. The lowest BCUT2D eigenvalue weighted by atomic mass is 10.2. The van der Waals surface area contributed by atoms with Crippen molar-refractivity contribution < 1.29 is 9.47 Å². The molecule has 2 rings (SSSR count). The van der Waals surface area contributed by atoms with Crippen LogP contribution in [0.4, 0.5) is 0 Å². The quantitative estimate of drug-likeness (QED) is 0.809. The Kier molecular flexibility index (Phi) is 4.69. The zero-order valence-corrected chi connectivity index (χ0v) is 12.7. The van der Waals surface area contributed by atoms with Crippen LogP contribution in [0.5, 0.6) is 0 Å². The number of nitrogens with one attached hydrogen (secondary N) is 1. The van der Waals surface area contributed by atoms with Crippen LogP contribution in [0.15, 0.2) is 12.3 Å². The van der Waals surface area contributed by atoms with Gasteiger partial charge in [0.1, 0.15) is 0 Å². The number of nitrogens with zero attached hydrogens (tertiary/aromatic N) is 3. The Balaban J connectivity index is 2.09. The second-order valence-electron chi connectivity index (χ2n) is 4.93. The van der Waals surface area contributed by atoms with E-state index in [1.807, 2.05) is 27.1 Å². The minimum atomic E-state index is -0.258. The highest BCUT2D eigenvalue weighted by atomic mass is 16.7. The third-order valence-corrected chi connectivity index (χ3v) is 3.42. The molecule has 0 aromatic carbocycles. The Morgan fingerprint density at radius 1 is 1.35 bits per heavy atom. The minimum absolute atomic E-state index is 0.0932. The van der Waals surface area contributed by atoms with Gasteiger partial charge in [-0.3, -0.25) is 4.68 Å². The lowest BCUT2D eigenvalue weighted by Crippen LogP contribution is -2.39. The van der Waals surface area contributed by atoms with Crippen molar-refractivity contribution in [2.75, 3.05) is 14.2 Å². The van der Waals surface area contributed by atoms with Gasteiger partial charge in [0, 0.05) is 39.4 Å². The number of aromatic nitrogens is 3. The molecule has 110 valence electrons. The fraction of sp³-hybridized carbons (Fsp3) is 0.571. The zero-order valence-electron chi connectivity index (χ0n) is 12.7. The first-order valence-corrected chi connectivity index (χ1v) is 6.64. The molecule has 2 heterocycles. The summed E-state index contributed by atoms with van der Waals surface area (Å²) in [6, 6.07) is 2.22. The Morgan fingerprint density at radius 2 is 2.05 bits per heavy atom. The molecular weight excluding hydrogens is 256 g/mol. The molecule has 6 heteroatoms. The van der Waals surface area contributed by atoms with Gasteiger partial charge in [-0.15, -0.1) is 0 Å². The van der Waals surface area contributed by atoms with Gasteiger partial charge in [-0.1, -0.05) is 0 Å². The molecule has 1 unspecified atom stereocenters. The maximum atomic E-state index is 5.23. The highest BCUT2D eigenvalue weighted by Crippen LogP contribution is 2.16. The maximum Gasteiger partial charge on any atom is 0.171 e. The van der Waals surface area contributed by atoms with E-state index in [4.69, 9.17) is 9.47 Å². The lowest BCUT2D eigenvalue weighted by Gasteiger charge is -2.22. The van der Waals surface area contributed by atoms with Crippen molar-refractivity contribution in [2.45, 2.75) is 32.7 Å². The van der Waals surface area contributed by atoms with Gasteiger partial charge in [0.2, 0.25) is 0 Å². The summed E-state index contributed by atoms with van der Waals surface area (Å²) in [7, 11) is 5.18. The summed E-state index contributed by atoms with van der Waals surface area (Å²) in [5, 5.41) is 8.84. The standard InChI is InChI=1S/C14H22N4O2/c1-9-12-6-11(8-16-13(12)18(3)17-9)7-15-10(2)14(19-4)20-5/h6,8,10,14-15H,7H2,1-5H3. The van der Waals surface area contributed by atoms with Crippen LogP contribution in [-0.2, 0) is 23.1 Å². The van der Waals surface area contributed by atoms with E-state index in [0.717, 1.165) is 22.3 Å². The number of pyridine rings is 1. The van der Waals surface area contributed by atoms with Gasteiger partial charge in [-0.25, -0.2) is 4.98 Å². The number of methoxy groups -OCH3 is 2. The van der Waals surface area contributed by atoms with E-state index >= 15 is 0 Å². The average molecular weight is 278 g/mol. The third kappa shape index (κ3) is 2.98. The largest absolute Gasteiger partial charge is 0.354 e. The normalized spacial score (nSPS) is 13.3. The Bertz CT molecular complexity index is 578. The minimum Gasteiger partial charge on any atom is -0.354 e. The second kappa shape index (κ2) is 6.30. The van der Waals surface area contributed by atoms with Crippen LogP contribution >= 0.6 is 0 Å². The van der Waals surface area contributed by atoms with Gasteiger partial charge >= 0.3 is 0 Å². The van der Waals surface area contributed by atoms with Crippen molar-refractivity contribution >= 4 is 11.0 Å². The molecule has 1 N–H and O–H groups in total. The molecule has 0 saturated carbocycles. The van der Waals surface area contributed by atoms with Gasteiger partial charge < -0.3 is 14.8 Å². The molecule has 0 spiro atoms. The van der Waals surface area contributed by atoms with Crippen molar-refractivity contribution in [3.63, 3.8) is 0 Å². The summed E-state index contributed by atoms with van der Waals surface area (Å²) in [6.07, 6.45) is 1.62. The lowest BCUT2D eigenvalue weighted by molar-refractivity contribution is -0.119. The van der Waals surface area contributed by atoms with E-state index in [2.05, 4.69) is 21.5 Å². The fourth-order valence-electron chi connectivity index (χ4n) is 2.33. The average Bonchev–Trinajstić information content (AvgIpc) is 2.73. The topological polar surface area (TPSA) is 61.2 Å². The van der Waals surface area contributed by atoms with E-state index in [1.54, 1.807) is 18.9 Å². The number of hydrogen-bond donors (Lipinski definition) is 1. The van der Waals surface area contributed by atoms with Gasteiger partial charge in [0.15, 0.2) is 11.9 Å². The van der Waals surface area contributed by atoms with Crippen molar-refractivity contribution in [1.29, 1.82) is 0 Å². The molecule has 0 aliphatic rings. The van der Waals surface area contributed by atoms with Crippen molar-refractivity contribution in [3.8, 4) is 0 Å². The summed E-state index contributed by atoms with van der Waals surface area (Å²) < 4.78 is 12.3. The molecule has 0 aliphatic heterocycles. The molecule has 2 aromatic heterocycles. The summed E-state index contributed by atoms with van der Waals surface area (Å²) in [5.74, 6) is 0. The number of aryl methyl sites for hydroxylation is 2. The first-order chi connectivity index (χ1) is 9.56. The predicted molar refractivity (Wildman–Crippen MR) is 77.4 cm³/mol. The molecule has 0 saturated heterocycles. The molecule has 2 aromatic rings. The zero-order chi connectivity index (χ0) is 14.7. The van der Waals surface area contributed by atoms with Crippen LogP contribution in [0.1, 0.15) is 18.2 Å². The molecule has 1 atom stereocenters. The Morgan fingerprint density at radius 3 is 2.70 bits per heavy atom. The maximum absolute atomic E-state index is 5.23. The number of fused-ring (bicyclic) bond motifs is 1. The van der Waals surface area contributed by atoms with Crippen LogP contribution in [0.2, 0.25) is 0 Å². The molecule has 0 aliphatic carbocycles. The number of rotatable bonds is 6. The molecule has 0 fully saturated rings. The van der Waals surface area contributed by atoms with E-state index in [-0.39, 0.29) is 12.3 Å². The van der Waals surface area contributed by atoms with Gasteiger partial charge in [0.25, 0.3) is 0 Å². The first-order valence-electron chi connectivity index (χ1n) is 6.64. The summed E-state index contributed by atoms with van der Waals surface area (Å²) in [5.41, 5.74) is 3.02. The monoisotopic (exact) mass is 278 g/mol. The summed E-state index contributed by atoms with van der Waals surface area (Å²) in [4.78, 5) is 4.46. The summed E-state index contributed by atoms with van der Waals surface area (Å²) >= 11 is 0. The molecule has 0 radical (unpaired) electrons. The van der Waals surface area contributed by atoms with E-state index < -0.39 is 0 Å². The number of hydrogen-bond acceptors (Lipinski definition) is 5. The third-order valence-electron chi connectivity index (χ3n) is 3.42. The van der Waals surface area contributed by atoms with Crippen LogP contribution in [0.25, 0.3) is 11.0 Å². The predicted octanol–water partition coefficient (Wildman–Crippen LogP) is 1.37. The Hall–Kier alpha value is -1.50. The Labute approximate surface area is 119 Å². The fourth-order valence-corrected chi connectivity index (χ4v) is 2.33. The second-order valence-corrected chi connectivity index (χ2v) is 4.93. The highest BCUT2D eigenvalue weighted by molar-refractivity contribution is 5.78. The van der Waals surface area contributed by atoms with Crippen LogP contribution in [0, 0.1) is 6.92 Å². The van der Waals surface area contributed by atoms with Crippen LogP contribution < -0.4 is 5.32 Å². The molecule has 20 heavy (non-hydrogen) atoms. The molecule has 0 bridgehead atoms. The van der Waals surface area contributed by atoms with Crippen molar-refractivity contribution in [3.05, 3.63) is 23.5 Å². The molecular formula is C14H22N4O2. The number of ether oxygens (including phenoxy) is 2. The van der Waals surface area contributed by atoms with Crippen LogP contribution in [0.3, 0.4) is 0 Å². The summed E-state index contributed by atoms with van der Waals surface area (Å²) in [6.45, 7) is 4.73. The van der Waals surface area contributed by atoms with Crippen molar-refractivity contribution in [1.82, 2.24) is 20.1 Å².